The van der Waals surface area contributed by atoms with E-state index in [0.29, 0.717) is 13.0 Å². The minimum atomic E-state index is 0.188. The topological polar surface area (TPSA) is 46.3 Å². The fourth-order valence-electron chi connectivity index (χ4n) is 1.84. The average Bonchev–Trinajstić information content (AvgIpc) is 2.37. The number of anilines is 1. The van der Waals surface area contributed by atoms with Crippen LogP contribution in [0.25, 0.3) is 0 Å². The van der Waals surface area contributed by atoms with Gasteiger partial charge in [0.25, 0.3) is 0 Å². The van der Waals surface area contributed by atoms with Crippen molar-refractivity contribution >= 4 is 11.6 Å². The molecule has 3 nitrogen and oxygen atoms in total. The molecule has 0 fully saturated rings. The molecule has 0 unspecified atom stereocenters. The Kier molecular flexibility index (Phi) is 5.98. The normalized spacial score (nSPS) is 10.1. The number of benzene rings is 1. The number of nitrogens with two attached hydrogens (primary N) is 1. The van der Waals surface area contributed by atoms with Gasteiger partial charge in [-0.3, -0.25) is 4.79 Å². The zero-order chi connectivity index (χ0) is 13.4. The number of amides is 1. The molecule has 1 rings (SSSR count). The Morgan fingerprint density at radius 1 is 1.39 bits per heavy atom. The lowest BCUT2D eigenvalue weighted by atomic mass is 10.1. The maximum atomic E-state index is 12.0. The smallest absolute Gasteiger partial charge is 0.223 e. The molecule has 3 heteroatoms. The summed E-state index contributed by atoms with van der Waals surface area (Å²) in [5, 5.41) is 0. The summed E-state index contributed by atoms with van der Waals surface area (Å²) in [5.41, 5.74) is 7.52. The molecule has 98 valence electrons. The van der Waals surface area contributed by atoms with E-state index < -0.39 is 0 Å². The Morgan fingerprint density at radius 3 is 2.61 bits per heavy atom. The van der Waals surface area contributed by atoms with Gasteiger partial charge in [-0.1, -0.05) is 25.1 Å². The van der Waals surface area contributed by atoms with Crippen molar-refractivity contribution in [1.82, 2.24) is 4.90 Å². The van der Waals surface area contributed by atoms with Crippen molar-refractivity contribution in [3.05, 3.63) is 42.5 Å². The van der Waals surface area contributed by atoms with Crippen molar-refractivity contribution in [3.8, 4) is 0 Å². The van der Waals surface area contributed by atoms with Crippen LogP contribution in [0.4, 0.5) is 5.69 Å². The third kappa shape index (κ3) is 4.62. The summed E-state index contributed by atoms with van der Waals surface area (Å²) < 4.78 is 0. The molecule has 0 heterocycles. The predicted molar refractivity (Wildman–Crippen MR) is 76.2 cm³/mol. The first-order valence-electron chi connectivity index (χ1n) is 6.40. The maximum Gasteiger partial charge on any atom is 0.223 e. The van der Waals surface area contributed by atoms with Crippen molar-refractivity contribution < 1.29 is 4.79 Å². The third-order valence-electron chi connectivity index (χ3n) is 2.80. The first kappa shape index (κ1) is 14.3. The van der Waals surface area contributed by atoms with Crippen molar-refractivity contribution in [2.75, 3.05) is 18.8 Å². The minimum Gasteiger partial charge on any atom is -0.399 e. The lowest BCUT2D eigenvalue weighted by Gasteiger charge is -2.20. The molecule has 18 heavy (non-hydrogen) atoms. The minimum absolute atomic E-state index is 0.188. The van der Waals surface area contributed by atoms with Gasteiger partial charge in [0, 0.05) is 25.2 Å². The Labute approximate surface area is 109 Å². The molecule has 0 aliphatic carbocycles. The van der Waals surface area contributed by atoms with E-state index in [4.69, 9.17) is 5.73 Å². The Morgan fingerprint density at radius 2 is 2.06 bits per heavy atom. The van der Waals surface area contributed by atoms with Crippen LogP contribution in [0, 0.1) is 0 Å². The lowest BCUT2D eigenvalue weighted by Crippen LogP contribution is -2.32. The van der Waals surface area contributed by atoms with Gasteiger partial charge in [0.1, 0.15) is 0 Å². The fraction of sp³-hybridized carbons (Fsp3) is 0.400. The van der Waals surface area contributed by atoms with Gasteiger partial charge in [-0.25, -0.2) is 0 Å². The van der Waals surface area contributed by atoms with Gasteiger partial charge in [-0.15, -0.1) is 6.58 Å². The van der Waals surface area contributed by atoms with E-state index in [1.165, 1.54) is 0 Å². The molecule has 0 aliphatic rings. The van der Waals surface area contributed by atoms with Crippen molar-refractivity contribution in [2.24, 2.45) is 0 Å². The second kappa shape index (κ2) is 7.54. The molecule has 1 amide bonds. The van der Waals surface area contributed by atoms with E-state index in [9.17, 15) is 4.79 Å². The number of nitrogens with zero attached hydrogens (tertiary/aromatic N) is 1. The molecule has 1 aromatic carbocycles. The molecule has 0 saturated carbocycles. The highest BCUT2D eigenvalue weighted by atomic mass is 16.2. The molecule has 0 atom stereocenters. The largest absolute Gasteiger partial charge is 0.399 e. The number of hydrogen-bond donors (Lipinski definition) is 1. The zero-order valence-corrected chi connectivity index (χ0v) is 11.1. The molecule has 0 bridgehead atoms. The van der Waals surface area contributed by atoms with Crippen molar-refractivity contribution in [2.45, 2.75) is 26.2 Å². The summed E-state index contributed by atoms with van der Waals surface area (Å²) in [6, 6.07) is 7.68. The van der Waals surface area contributed by atoms with E-state index in [1.54, 1.807) is 6.08 Å². The lowest BCUT2D eigenvalue weighted by molar-refractivity contribution is -0.130. The van der Waals surface area contributed by atoms with E-state index in [2.05, 4.69) is 13.5 Å². The van der Waals surface area contributed by atoms with Crippen LogP contribution in [0.1, 0.15) is 25.3 Å². The molecular weight excluding hydrogens is 224 g/mol. The van der Waals surface area contributed by atoms with E-state index in [1.807, 2.05) is 29.2 Å². The number of aryl methyl sites for hydroxylation is 1. The molecule has 0 aliphatic heterocycles. The molecule has 0 radical (unpaired) electrons. The van der Waals surface area contributed by atoms with Crippen LogP contribution in [0.3, 0.4) is 0 Å². The Hall–Kier alpha value is -1.77. The summed E-state index contributed by atoms with van der Waals surface area (Å²) in [5.74, 6) is 0.188. The molecule has 0 spiro atoms. The van der Waals surface area contributed by atoms with Crippen LogP contribution in [-0.2, 0) is 11.2 Å². The summed E-state index contributed by atoms with van der Waals surface area (Å²) in [6.45, 7) is 7.19. The van der Waals surface area contributed by atoms with Crippen LogP contribution in [0.2, 0.25) is 0 Å². The fourth-order valence-corrected chi connectivity index (χ4v) is 1.84. The Bertz CT molecular complexity index is 384. The second-order valence-electron chi connectivity index (χ2n) is 4.37. The van der Waals surface area contributed by atoms with Gasteiger partial charge in [0.2, 0.25) is 5.91 Å². The van der Waals surface area contributed by atoms with Gasteiger partial charge in [-0.05, 0) is 30.5 Å². The number of nitrogen functional groups attached to an aromatic ring is 1. The van der Waals surface area contributed by atoms with Crippen LogP contribution in [0.5, 0.6) is 0 Å². The van der Waals surface area contributed by atoms with E-state index in [0.717, 1.165) is 30.6 Å². The predicted octanol–water partition coefficient (Wildman–Crippen LogP) is 2.63. The summed E-state index contributed by atoms with van der Waals surface area (Å²) in [4.78, 5) is 13.9. The SMILES string of the molecule is C=CCN(CCC)C(=O)CCc1ccc(N)cc1. The van der Waals surface area contributed by atoms with Crippen molar-refractivity contribution in [1.29, 1.82) is 0 Å². The summed E-state index contributed by atoms with van der Waals surface area (Å²) in [7, 11) is 0. The second-order valence-corrected chi connectivity index (χ2v) is 4.37. The highest BCUT2D eigenvalue weighted by Crippen LogP contribution is 2.09. The zero-order valence-electron chi connectivity index (χ0n) is 11.1. The van der Waals surface area contributed by atoms with Crippen LogP contribution in [0.15, 0.2) is 36.9 Å². The maximum absolute atomic E-state index is 12.0. The van der Waals surface area contributed by atoms with Gasteiger partial charge in [0.05, 0.1) is 0 Å². The van der Waals surface area contributed by atoms with Crippen molar-refractivity contribution in [3.63, 3.8) is 0 Å². The summed E-state index contributed by atoms with van der Waals surface area (Å²) >= 11 is 0. The molecule has 1 aromatic rings. The standard InChI is InChI=1S/C15H22N2O/c1-3-11-17(12-4-2)15(18)10-7-13-5-8-14(16)9-6-13/h3,5-6,8-9H,1,4,7,10-12,16H2,2H3. The number of hydrogen-bond acceptors (Lipinski definition) is 2. The molecule has 2 N–H and O–H groups in total. The third-order valence-corrected chi connectivity index (χ3v) is 2.80. The first-order chi connectivity index (χ1) is 8.67. The quantitative estimate of drug-likeness (QED) is 0.594. The van der Waals surface area contributed by atoms with Gasteiger partial charge in [-0.2, -0.15) is 0 Å². The van der Waals surface area contributed by atoms with E-state index in [-0.39, 0.29) is 5.91 Å². The monoisotopic (exact) mass is 246 g/mol. The number of rotatable bonds is 7. The van der Waals surface area contributed by atoms with Gasteiger partial charge in [0.15, 0.2) is 0 Å². The van der Waals surface area contributed by atoms with E-state index >= 15 is 0 Å². The molecule has 0 aromatic heterocycles. The molecular formula is C15H22N2O. The van der Waals surface area contributed by atoms with Gasteiger partial charge < -0.3 is 10.6 Å². The number of carbonyl (C=O) groups is 1. The van der Waals surface area contributed by atoms with Crippen LogP contribution < -0.4 is 5.73 Å². The molecule has 0 saturated heterocycles. The van der Waals surface area contributed by atoms with Gasteiger partial charge >= 0.3 is 0 Å². The van der Waals surface area contributed by atoms with Crippen LogP contribution in [-0.4, -0.2) is 23.9 Å². The highest BCUT2D eigenvalue weighted by molar-refractivity contribution is 5.76. The Balaban J connectivity index is 2.47. The first-order valence-corrected chi connectivity index (χ1v) is 6.40. The summed E-state index contributed by atoms with van der Waals surface area (Å²) in [6.07, 6.45) is 4.05. The highest BCUT2D eigenvalue weighted by Gasteiger charge is 2.10. The number of carbonyl (C=O) groups excluding carboxylic acids is 1. The average molecular weight is 246 g/mol. The van der Waals surface area contributed by atoms with Crippen LogP contribution >= 0.6 is 0 Å².